The molecule has 2 nitrogen and oxygen atoms in total. The molecule has 1 aliphatic rings. The molecule has 1 aromatic heterocycles. The van der Waals surface area contributed by atoms with Gasteiger partial charge in [0.1, 0.15) is 0 Å². The summed E-state index contributed by atoms with van der Waals surface area (Å²) in [5.41, 5.74) is 5.72. The monoisotopic (exact) mass is 303 g/mol. The molecule has 0 amide bonds. The van der Waals surface area contributed by atoms with Crippen molar-refractivity contribution in [3.05, 3.63) is 51.8 Å². The van der Waals surface area contributed by atoms with Crippen molar-refractivity contribution in [3.63, 3.8) is 0 Å². The molecule has 1 aromatic carbocycles. The Balaban J connectivity index is 2.18. The van der Waals surface area contributed by atoms with Gasteiger partial charge in [0.2, 0.25) is 0 Å². The standard InChI is InChI=1S/C18H22ClNO/c1-11-5-6-13(8-15(11)19)20-12(2)7-14-16(20)9-18(3,4)10-17(14)21/h5-8,17,21H,9-10H2,1-4H3. The van der Waals surface area contributed by atoms with Gasteiger partial charge in [-0.3, -0.25) is 0 Å². The Morgan fingerprint density at radius 3 is 2.62 bits per heavy atom. The molecule has 1 atom stereocenters. The lowest BCUT2D eigenvalue weighted by Crippen LogP contribution is -2.26. The van der Waals surface area contributed by atoms with Gasteiger partial charge in [-0.05, 0) is 55.9 Å². The zero-order valence-corrected chi connectivity index (χ0v) is 13.8. The number of aliphatic hydroxyl groups excluding tert-OH is 1. The van der Waals surface area contributed by atoms with E-state index < -0.39 is 0 Å². The van der Waals surface area contributed by atoms with Crippen molar-refractivity contribution in [2.24, 2.45) is 5.41 Å². The van der Waals surface area contributed by atoms with Crippen LogP contribution in [0.15, 0.2) is 24.3 Å². The highest BCUT2D eigenvalue weighted by molar-refractivity contribution is 6.31. The second-order valence-electron chi connectivity index (χ2n) is 7.02. The smallest absolute Gasteiger partial charge is 0.0812 e. The SMILES string of the molecule is Cc1ccc(-n2c(C)cc3c2CC(C)(C)CC3O)cc1Cl. The van der Waals surface area contributed by atoms with Crippen LogP contribution in [0.25, 0.3) is 5.69 Å². The van der Waals surface area contributed by atoms with E-state index >= 15 is 0 Å². The van der Waals surface area contributed by atoms with Crippen molar-refractivity contribution in [3.8, 4) is 5.69 Å². The number of benzene rings is 1. The first kappa shape index (κ1) is 14.7. The highest BCUT2D eigenvalue weighted by Crippen LogP contribution is 2.43. The fourth-order valence-corrected chi connectivity index (χ4v) is 3.60. The highest BCUT2D eigenvalue weighted by atomic mass is 35.5. The second-order valence-corrected chi connectivity index (χ2v) is 7.42. The summed E-state index contributed by atoms with van der Waals surface area (Å²) in [6.07, 6.45) is 1.42. The molecule has 3 rings (SSSR count). The molecule has 3 heteroatoms. The number of hydrogen-bond donors (Lipinski definition) is 1. The minimum Gasteiger partial charge on any atom is -0.388 e. The Hall–Kier alpha value is -1.25. The van der Waals surface area contributed by atoms with Gasteiger partial charge in [0.15, 0.2) is 0 Å². The first-order valence-corrected chi connectivity index (χ1v) is 7.82. The molecule has 0 aliphatic heterocycles. The number of nitrogens with zero attached hydrogens (tertiary/aromatic N) is 1. The predicted octanol–water partition coefficient (Wildman–Crippen LogP) is 4.75. The van der Waals surface area contributed by atoms with Crippen molar-refractivity contribution >= 4 is 11.6 Å². The summed E-state index contributed by atoms with van der Waals surface area (Å²) in [7, 11) is 0. The van der Waals surface area contributed by atoms with Crippen molar-refractivity contribution in [2.45, 2.75) is 46.6 Å². The minimum atomic E-state index is -0.371. The summed E-state index contributed by atoms with van der Waals surface area (Å²) >= 11 is 6.29. The van der Waals surface area contributed by atoms with Crippen LogP contribution in [0.3, 0.4) is 0 Å². The summed E-state index contributed by atoms with van der Waals surface area (Å²) in [5.74, 6) is 0. The van der Waals surface area contributed by atoms with Crippen LogP contribution < -0.4 is 0 Å². The molecular formula is C18H22ClNO. The number of halogens is 1. The summed E-state index contributed by atoms with van der Waals surface area (Å²) in [6, 6.07) is 8.28. The third-order valence-corrected chi connectivity index (χ3v) is 4.89. The molecule has 1 aliphatic carbocycles. The Morgan fingerprint density at radius 1 is 1.24 bits per heavy atom. The van der Waals surface area contributed by atoms with Gasteiger partial charge in [0.05, 0.1) is 6.10 Å². The van der Waals surface area contributed by atoms with Crippen molar-refractivity contribution in [1.82, 2.24) is 4.57 Å². The van der Waals surface area contributed by atoms with E-state index in [1.807, 2.05) is 19.1 Å². The Bertz CT molecular complexity index is 699. The average Bonchev–Trinajstić information content (AvgIpc) is 2.68. The Morgan fingerprint density at radius 2 is 1.95 bits per heavy atom. The lowest BCUT2D eigenvalue weighted by molar-refractivity contribution is 0.0987. The molecule has 1 N–H and O–H groups in total. The maximum absolute atomic E-state index is 10.4. The van der Waals surface area contributed by atoms with Gasteiger partial charge in [-0.15, -0.1) is 0 Å². The molecule has 0 radical (unpaired) electrons. The third kappa shape index (κ3) is 2.51. The number of hydrogen-bond acceptors (Lipinski definition) is 1. The van der Waals surface area contributed by atoms with Crippen molar-refractivity contribution < 1.29 is 5.11 Å². The fraction of sp³-hybridized carbons (Fsp3) is 0.444. The van der Waals surface area contributed by atoms with Gasteiger partial charge in [0.25, 0.3) is 0 Å². The van der Waals surface area contributed by atoms with E-state index in [-0.39, 0.29) is 11.5 Å². The van der Waals surface area contributed by atoms with Crippen molar-refractivity contribution in [2.75, 3.05) is 0 Å². The number of aryl methyl sites for hydroxylation is 2. The average molecular weight is 304 g/mol. The van der Waals surface area contributed by atoms with Crippen molar-refractivity contribution in [1.29, 1.82) is 0 Å². The van der Waals surface area contributed by atoms with E-state index in [1.165, 1.54) is 5.69 Å². The quantitative estimate of drug-likeness (QED) is 0.808. The van der Waals surface area contributed by atoms with Gasteiger partial charge in [-0.1, -0.05) is 31.5 Å². The molecule has 21 heavy (non-hydrogen) atoms. The van der Waals surface area contributed by atoms with E-state index in [0.717, 1.165) is 40.4 Å². The molecule has 0 saturated heterocycles. The fourth-order valence-electron chi connectivity index (χ4n) is 3.42. The Labute approximate surface area is 131 Å². The van der Waals surface area contributed by atoms with Crippen LogP contribution in [0.5, 0.6) is 0 Å². The van der Waals surface area contributed by atoms with Gasteiger partial charge < -0.3 is 9.67 Å². The van der Waals surface area contributed by atoms with Crippen LogP contribution in [0.2, 0.25) is 5.02 Å². The van der Waals surface area contributed by atoms with Gasteiger partial charge in [0, 0.05) is 27.7 Å². The molecule has 0 fully saturated rings. The first-order chi connectivity index (χ1) is 9.78. The largest absolute Gasteiger partial charge is 0.388 e. The summed E-state index contributed by atoms with van der Waals surface area (Å²) < 4.78 is 2.24. The van der Waals surface area contributed by atoms with Crippen LogP contribution in [0.1, 0.15) is 48.9 Å². The maximum Gasteiger partial charge on any atom is 0.0812 e. The zero-order chi connectivity index (χ0) is 15.4. The summed E-state index contributed by atoms with van der Waals surface area (Å²) in [5, 5.41) is 11.2. The number of fused-ring (bicyclic) bond motifs is 1. The molecule has 0 spiro atoms. The molecule has 2 aromatic rings. The number of aliphatic hydroxyl groups is 1. The van der Waals surface area contributed by atoms with E-state index in [4.69, 9.17) is 11.6 Å². The molecule has 1 heterocycles. The van der Waals surface area contributed by atoms with Gasteiger partial charge in [-0.2, -0.15) is 0 Å². The van der Waals surface area contributed by atoms with Gasteiger partial charge >= 0.3 is 0 Å². The third-order valence-electron chi connectivity index (χ3n) is 4.48. The predicted molar refractivity (Wildman–Crippen MR) is 87.3 cm³/mol. The van der Waals surface area contributed by atoms with Crippen LogP contribution in [0.4, 0.5) is 0 Å². The topological polar surface area (TPSA) is 25.2 Å². The summed E-state index contributed by atoms with van der Waals surface area (Å²) in [6.45, 7) is 8.53. The molecule has 112 valence electrons. The zero-order valence-electron chi connectivity index (χ0n) is 13.1. The van der Waals surface area contributed by atoms with E-state index in [0.29, 0.717) is 0 Å². The van der Waals surface area contributed by atoms with Crippen LogP contribution in [0, 0.1) is 19.3 Å². The lowest BCUT2D eigenvalue weighted by atomic mass is 9.75. The van der Waals surface area contributed by atoms with E-state index in [9.17, 15) is 5.11 Å². The first-order valence-electron chi connectivity index (χ1n) is 7.44. The molecule has 0 bridgehead atoms. The molecule has 0 saturated carbocycles. The normalized spacial score (nSPS) is 20.4. The van der Waals surface area contributed by atoms with E-state index in [1.54, 1.807) is 0 Å². The number of rotatable bonds is 1. The minimum absolute atomic E-state index is 0.115. The van der Waals surface area contributed by atoms with Crippen LogP contribution >= 0.6 is 11.6 Å². The summed E-state index contributed by atoms with van der Waals surface area (Å²) in [4.78, 5) is 0. The molecular weight excluding hydrogens is 282 g/mol. The number of aromatic nitrogens is 1. The van der Waals surface area contributed by atoms with Crippen LogP contribution in [-0.2, 0) is 6.42 Å². The Kier molecular flexibility index (Phi) is 3.42. The van der Waals surface area contributed by atoms with E-state index in [2.05, 4.69) is 37.5 Å². The second kappa shape index (κ2) is 4.89. The lowest BCUT2D eigenvalue weighted by Gasteiger charge is -2.34. The molecule has 1 unspecified atom stereocenters. The maximum atomic E-state index is 10.4. The van der Waals surface area contributed by atoms with Gasteiger partial charge in [-0.25, -0.2) is 0 Å². The highest BCUT2D eigenvalue weighted by Gasteiger charge is 2.34. The van der Waals surface area contributed by atoms with Crippen LogP contribution in [-0.4, -0.2) is 9.67 Å².